The van der Waals surface area contributed by atoms with Crippen molar-refractivity contribution in [2.24, 2.45) is 0 Å². The second-order valence-corrected chi connectivity index (χ2v) is 15.7. The number of benzene rings is 2. The van der Waals surface area contributed by atoms with Crippen LogP contribution in [0.3, 0.4) is 0 Å². The molecule has 0 unspecified atom stereocenters. The van der Waals surface area contributed by atoms with Crippen molar-refractivity contribution in [1.29, 1.82) is 0 Å². The summed E-state index contributed by atoms with van der Waals surface area (Å²) in [5.41, 5.74) is 3.53. The zero-order chi connectivity index (χ0) is 19.7. The van der Waals surface area contributed by atoms with Crippen LogP contribution >= 0.6 is 0 Å². The Hall–Kier alpha value is -2.18. The molecule has 0 bridgehead atoms. The first-order valence-corrected chi connectivity index (χ1v) is 14.4. The number of sulfone groups is 1. The SMILES string of the molecule is Cc1onc(-c2ccc(S(=O)(=O)CC[Si](C)(C)C)cc2)c1-c1ccccc1. The molecule has 3 aromatic rings. The molecule has 142 valence electrons. The second kappa shape index (κ2) is 7.44. The molecule has 6 heteroatoms. The first-order valence-electron chi connectivity index (χ1n) is 9.02. The van der Waals surface area contributed by atoms with Crippen LogP contribution in [0.1, 0.15) is 5.76 Å². The van der Waals surface area contributed by atoms with Crippen LogP contribution in [0.15, 0.2) is 64.0 Å². The molecule has 0 fully saturated rings. The molecular formula is C21H25NO3SSi. The topological polar surface area (TPSA) is 60.2 Å². The van der Waals surface area contributed by atoms with E-state index in [4.69, 9.17) is 4.52 Å². The monoisotopic (exact) mass is 399 g/mol. The van der Waals surface area contributed by atoms with Crippen molar-refractivity contribution in [2.45, 2.75) is 37.5 Å². The van der Waals surface area contributed by atoms with E-state index in [9.17, 15) is 8.42 Å². The van der Waals surface area contributed by atoms with Gasteiger partial charge in [-0.2, -0.15) is 0 Å². The van der Waals surface area contributed by atoms with Gasteiger partial charge in [0, 0.05) is 13.6 Å². The van der Waals surface area contributed by atoms with Crippen molar-refractivity contribution in [2.75, 3.05) is 5.75 Å². The molecule has 0 N–H and O–H groups in total. The summed E-state index contributed by atoms with van der Waals surface area (Å²) >= 11 is 0. The molecule has 0 amide bonds. The molecule has 0 radical (unpaired) electrons. The molecule has 27 heavy (non-hydrogen) atoms. The Morgan fingerprint density at radius 2 is 1.56 bits per heavy atom. The van der Waals surface area contributed by atoms with E-state index in [1.165, 1.54) is 0 Å². The van der Waals surface area contributed by atoms with E-state index in [0.29, 0.717) is 4.90 Å². The van der Waals surface area contributed by atoms with Crippen molar-refractivity contribution in [3.8, 4) is 22.4 Å². The van der Waals surface area contributed by atoms with Gasteiger partial charge >= 0.3 is 0 Å². The Morgan fingerprint density at radius 3 is 2.15 bits per heavy atom. The first kappa shape index (κ1) is 19.6. The van der Waals surface area contributed by atoms with Crippen LogP contribution in [-0.4, -0.2) is 27.4 Å². The van der Waals surface area contributed by atoms with Crippen molar-refractivity contribution < 1.29 is 12.9 Å². The van der Waals surface area contributed by atoms with Crippen LogP contribution < -0.4 is 0 Å². The van der Waals surface area contributed by atoms with Gasteiger partial charge in [0.25, 0.3) is 0 Å². The number of hydrogen-bond acceptors (Lipinski definition) is 4. The lowest BCUT2D eigenvalue weighted by molar-refractivity contribution is 0.400. The lowest BCUT2D eigenvalue weighted by Gasteiger charge is -2.15. The van der Waals surface area contributed by atoms with Gasteiger partial charge in [0.1, 0.15) is 11.5 Å². The molecule has 3 rings (SSSR count). The Balaban J connectivity index is 1.91. The number of rotatable bonds is 6. The maximum Gasteiger partial charge on any atom is 0.178 e. The molecule has 0 aliphatic carbocycles. The largest absolute Gasteiger partial charge is 0.360 e. The highest BCUT2D eigenvalue weighted by atomic mass is 32.2. The van der Waals surface area contributed by atoms with E-state index in [-0.39, 0.29) is 5.75 Å². The van der Waals surface area contributed by atoms with Gasteiger partial charge in [-0.25, -0.2) is 8.42 Å². The quantitative estimate of drug-likeness (QED) is 0.519. The van der Waals surface area contributed by atoms with Crippen molar-refractivity contribution >= 4 is 17.9 Å². The number of aryl methyl sites for hydroxylation is 1. The Labute approximate surface area is 162 Å². The number of nitrogens with zero attached hydrogens (tertiary/aromatic N) is 1. The fraction of sp³-hybridized carbons (Fsp3) is 0.286. The van der Waals surface area contributed by atoms with Crippen LogP contribution in [0.2, 0.25) is 25.7 Å². The van der Waals surface area contributed by atoms with Gasteiger partial charge in [-0.15, -0.1) is 0 Å². The van der Waals surface area contributed by atoms with E-state index in [2.05, 4.69) is 24.8 Å². The van der Waals surface area contributed by atoms with E-state index in [1.807, 2.05) is 49.4 Å². The highest BCUT2D eigenvalue weighted by Gasteiger charge is 2.21. The average Bonchev–Trinajstić information content (AvgIpc) is 3.02. The van der Waals surface area contributed by atoms with Crippen molar-refractivity contribution in [3.05, 3.63) is 60.4 Å². The van der Waals surface area contributed by atoms with Crippen LogP contribution in [0.5, 0.6) is 0 Å². The molecule has 0 aliphatic rings. The van der Waals surface area contributed by atoms with Gasteiger partial charge in [-0.1, -0.05) is 67.3 Å². The fourth-order valence-corrected chi connectivity index (χ4v) is 7.20. The average molecular weight is 400 g/mol. The van der Waals surface area contributed by atoms with Crippen LogP contribution in [-0.2, 0) is 9.84 Å². The minimum Gasteiger partial charge on any atom is -0.360 e. The molecule has 1 aromatic heterocycles. The Morgan fingerprint density at radius 1 is 0.926 bits per heavy atom. The van der Waals surface area contributed by atoms with Gasteiger partial charge in [-0.05, 0) is 30.7 Å². The third kappa shape index (κ3) is 4.57. The van der Waals surface area contributed by atoms with E-state index in [0.717, 1.165) is 34.2 Å². The summed E-state index contributed by atoms with van der Waals surface area (Å²) in [5.74, 6) is 0.948. The maximum absolute atomic E-state index is 12.6. The molecule has 0 saturated heterocycles. The maximum atomic E-state index is 12.6. The third-order valence-corrected chi connectivity index (χ3v) is 8.38. The summed E-state index contributed by atoms with van der Waals surface area (Å²) in [7, 11) is -4.67. The molecule has 4 nitrogen and oxygen atoms in total. The second-order valence-electron chi connectivity index (χ2n) is 7.98. The minimum absolute atomic E-state index is 0.209. The lowest BCUT2D eigenvalue weighted by Crippen LogP contribution is -2.23. The van der Waals surface area contributed by atoms with E-state index >= 15 is 0 Å². The summed E-state index contributed by atoms with van der Waals surface area (Å²) in [6.45, 7) is 8.44. The van der Waals surface area contributed by atoms with Crippen molar-refractivity contribution in [3.63, 3.8) is 0 Å². The predicted octanol–water partition coefficient (Wildman–Crippen LogP) is 5.43. The molecule has 0 spiro atoms. The summed E-state index contributed by atoms with van der Waals surface area (Å²) in [4.78, 5) is 0.367. The highest BCUT2D eigenvalue weighted by Crippen LogP contribution is 2.34. The van der Waals surface area contributed by atoms with E-state index < -0.39 is 17.9 Å². The summed E-state index contributed by atoms with van der Waals surface area (Å²) < 4.78 is 30.6. The Bertz CT molecular complexity index is 1020. The van der Waals surface area contributed by atoms with Gasteiger partial charge < -0.3 is 4.52 Å². The lowest BCUT2D eigenvalue weighted by atomic mass is 10.00. The normalized spacial score (nSPS) is 12.3. The van der Waals surface area contributed by atoms with Crippen molar-refractivity contribution in [1.82, 2.24) is 5.16 Å². The molecule has 2 aromatic carbocycles. The molecule has 0 saturated carbocycles. The van der Waals surface area contributed by atoms with Gasteiger partial charge in [-0.3, -0.25) is 0 Å². The molecule has 0 atom stereocenters. The fourth-order valence-electron chi connectivity index (χ4n) is 2.89. The Kier molecular flexibility index (Phi) is 5.40. The smallest absolute Gasteiger partial charge is 0.178 e. The van der Waals surface area contributed by atoms with Gasteiger partial charge in [0.15, 0.2) is 9.84 Å². The summed E-state index contributed by atoms with van der Waals surface area (Å²) in [6, 6.07) is 17.7. The number of hydrogen-bond donors (Lipinski definition) is 0. The van der Waals surface area contributed by atoms with Gasteiger partial charge in [0.2, 0.25) is 0 Å². The predicted molar refractivity (Wildman–Crippen MR) is 112 cm³/mol. The van der Waals surface area contributed by atoms with Crippen LogP contribution in [0.25, 0.3) is 22.4 Å². The standard InChI is InChI=1S/C21H25NO3SSi/c1-16-20(17-8-6-5-7-9-17)21(22-25-16)18-10-12-19(13-11-18)26(23,24)14-15-27(2,3)4/h5-13H,14-15H2,1-4H3. The molecular weight excluding hydrogens is 374 g/mol. The minimum atomic E-state index is -3.26. The molecule has 0 aliphatic heterocycles. The summed E-state index contributed by atoms with van der Waals surface area (Å²) in [6.07, 6.45) is 0. The highest BCUT2D eigenvalue weighted by molar-refractivity contribution is 7.91. The first-order chi connectivity index (χ1) is 12.7. The third-order valence-electron chi connectivity index (χ3n) is 4.53. The van der Waals surface area contributed by atoms with Crippen LogP contribution in [0, 0.1) is 6.92 Å². The van der Waals surface area contributed by atoms with Crippen LogP contribution in [0.4, 0.5) is 0 Å². The zero-order valence-electron chi connectivity index (χ0n) is 16.2. The van der Waals surface area contributed by atoms with E-state index in [1.54, 1.807) is 12.1 Å². The molecule has 1 heterocycles. The zero-order valence-corrected chi connectivity index (χ0v) is 18.0. The summed E-state index contributed by atoms with van der Waals surface area (Å²) in [5, 5.41) is 4.20. The number of aromatic nitrogens is 1. The van der Waals surface area contributed by atoms with Gasteiger partial charge in [0.05, 0.1) is 16.2 Å².